The lowest BCUT2D eigenvalue weighted by molar-refractivity contribution is -0.00902. The van der Waals surface area contributed by atoms with Crippen molar-refractivity contribution < 1.29 is 5.11 Å². The zero-order valence-electron chi connectivity index (χ0n) is 11.5. The van der Waals surface area contributed by atoms with E-state index in [1.54, 1.807) is 0 Å². The minimum Gasteiger partial charge on any atom is -0.390 e. The van der Waals surface area contributed by atoms with Gasteiger partial charge >= 0.3 is 0 Å². The molecule has 0 aromatic heterocycles. The van der Waals surface area contributed by atoms with Crippen LogP contribution in [0.2, 0.25) is 0 Å². The van der Waals surface area contributed by atoms with Gasteiger partial charge < -0.3 is 5.11 Å². The van der Waals surface area contributed by atoms with Crippen molar-refractivity contribution in [2.45, 2.75) is 72.8 Å². The van der Waals surface area contributed by atoms with Crippen molar-refractivity contribution in [1.82, 2.24) is 0 Å². The normalized spacial score (nSPS) is 27.2. The topological polar surface area (TPSA) is 20.2 Å². The van der Waals surface area contributed by atoms with Gasteiger partial charge in [-0.1, -0.05) is 27.7 Å². The number of hydrogen-bond acceptors (Lipinski definition) is 1. The van der Waals surface area contributed by atoms with Gasteiger partial charge in [-0.3, -0.25) is 0 Å². The molecule has 1 fully saturated rings. The van der Waals surface area contributed by atoms with Crippen LogP contribution in [0.3, 0.4) is 0 Å². The van der Waals surface area contributed by atoms with Crippen molar-refractivity contribution in [2.75, 3.05) is 0 Å². The fraction of sp³-hybridized carbons (Fsp3) is 1.00. The Morgan fingerprint density at radius 1 is 1.00 bits per heavy atom. The Kier molecular flexibility index (Phi) is 6.51. The van der Waals surface area contributed by atoms with E-state index in [4.69, 9.17) is 0 Å². The fourth-order valence-electron chi connectivity index (χ4n) is 2.49. The largest absolute Gasteiger partial charge is 0.390 e. The standard InChI is InChI=1S/C12H24O.C2H6/c1-9(2)10-5-7-11(8-6-10)12(3,4)13;1-2/h9-11,13H,5-8H2,1-4H3;1-2H3. The van der Waals surface area contributed by atoms with Gasteiger partial charge in [0.25, 0.3) is 0 Å². The summed E-state index contributed by atoms with van der Waals surface area (Å²) in [5, 5.41) is 9.87. The molecule has 0 aliphatic heterocycles. The Morgan fingerprint density at radius 3 is 1.67 bits per heavy atom. The van der Waals surface area contributed by atoms with Gasteiger partial charge in [-0.2, -0.15) is 0 Å². The molecule has 0 unspecified atom stereocenters. The smallest absolute Gasteiger partial charge is 0.0619 e. The minimum absolute atomic E-state index is 0.456. The Hall–Kier alpha value is -0.0400. The van der Waals surface area contributed by atoms with Crippen molar-refractivity contribution in [3.05, 3.63) is 0 Å². The van der Waals surface area contributed by atoms with E-state index in [9.17, 15) is 5.11 Å². The Balaban J connectivity index is 0.000000921. The summed E-state index contributed by atoms with van der Waals surface area (Å²) < 4.78 is 0. The quantitative estimate of drug-likeness (QED) is 0.728. The molecule has 1 saturated carbocycles. The first-order valence-corrected chi connectivity index (χ1v) is 6.63. The maximum Gasteiger partial charge on any atom is 0.0619 e. The van der Waals surface area contributed by atoms with Crippen LogP contribution >= 0.6 is 0 Å². The maximum atomic E-state index is 9.87. The summed E-state index contributed by atoms with van der Waals surface area (Å²) >= 11 is 0. The Morgan fingerprint density at radius 2 is 1.40 bits per heavy atom. The summed E-state index contributed by atoms with van der Waals surface area (Å²) in [5.74, 6) is 2.25. The van der Waals surface area contributed by atoms with Crippen molar-refractivity contribution in [1.29, 1.82) is 0 Å². The van der Waals surface area contributed by atoms with Crippen LogP contribution < -0.4 is 0 Å². The predicted octanol–water partition coefficient (Wildman–Crippen LogP) is 4.25. The second-order valence-electron chi connectivity index (χ2n) is 5.51. The van der Waals surface area contributed by atoms with Gasteiger partial charge in [0.05, 0.1) is 5.60 Å². The lowest BCUT2D eigenvalue weighted by atomic mass is 9.72. The molecule has 0 aromatic rings. The second kappa shape index (κ2) is 6.52. The first kappa shape index (κ1) is 15.0. The molecule has 1 N–H and O–H groups in total. The number of aliphatic hydroxyl groups is 1. The molecule has 1 aliphatic carbocycles. The molecule has 0 radical (unpaired) electrons. The lowest BCUT2D eigenvalue weighted by Crippen LogP contribution is -2.34. The van der Waals surface area contributed by atoms with Crippen LogP contribution in [0.15, 0.2) is 0 Å². The molecule has 0 aromatic carbocycles. The lowest BCUT2D eigenvalue weighted by Gasteiger charge is -2.37. The third-order valence-corrected chi connectivity index (χ3v) is 3.71. The molecule has 1 heteroatoms. The monoisotopic (exact) mass is 214 g/mol. The summed E-state index contributed by atoms with van der Waals surface area (Å²) in [7, 11) is 0. The van der Waals surface area contributed by atoms with Gasteiger partial charge in [-0.25, -0.2) is 0 Å². The SMILES string of the molecule is CC.CC(C)C1CCC(C(C)(C)O)CC1. The van der Waals surface area contributed by atoms with E-state index in [-0.39, 0.29) is 0 Å². The van der Waals surface area contributed by atoms with Crippen molar-refractivity contribution >= 4 is 0 Å². The third-order valence-electron chi connectivity index (χ3n) is 3.71. The number of rotatable bonds is 2. The van der Waals surface area contributed by atoms with Crippen LogP contribution in [-0.2, 0) is 0 Å². The van der Waals surface area contributed by atoms with E-state index >= 15 is 0 Å². The summed E-state index contributed by atoms with van der Waals surface area (Å²) in [6.07, 6.45) is 5.05. The van der Waals surface area contributed by atoms with Crippen LogP contribution in [0.25, 0.3) is 0 Å². The van der Waals surface area contributed by atoms with Gasteiger partial charge in [0.2, 0.25) is 0 Å². The molecule has 1 rings (SSSR count). The highest BCUT2D eigenvalue weighted by atomic mass is 16.3. The molecule has 1 nitrogen and oxygen atoms in total. The summed E-state index contributed by atoms with van der Waals surface area (Å²) in [6, 6.07) is 0. The molecule has 0 saturated heterocycles. The van der Waals surface area contributed by atoms with E-state index < -0.39 is 5.60 Å². The van der Waals surface area contributed by atoms with E-state index in [1.165, 1.54) is 25.7 Å². The zero-order chi connectivity index (χ0) is 12.1. The van der Waals surface area contributed by atoms with Crippen LogP contribution in [-0.4, -0.2) is 10.7 Å². The highest BCUT2D eigenvalue weighted by molar-refractivity contribution is 4.83. The predicted molar refractivity (Wildman–Crippen MR) is 67.9 cm³/mol. The molecule has 92 valence electrons. The second-order valence-corrected chi connectivity index (χ2v) is 5.51. The van der Waals surface area contributed by atoms with Crippen molar-refractivity contribution in [3.63, 3.8) is 0 Å². The highest BCUT2D eigenvalue weighted by Gasteiger charge is 2.31. The van der Waals surface area contributed by atoms with Gasteiger partial charge in [-0.05, 0) is 57.3 Å². The van der Waals surface area contributed by atoms with Gasteiger partial charge in [-0.15, -0.1) is 0 Å². The zero-order valence-corrected chi connectivity index (χ0v) is 11.5. The average Bonchev–Trinajstić information content (AvgIpc) is 2.20. The first-order valence-electron chi connectivity index (χ1n) is 6.63. The van der Waals surface area contributed by atoms with Crippen LogP contribution in [0.4, 0.5) is 0 Å². The van der Waals surface area contributed by atoms with E-state index in [1.807, 2.05) is 27.7 Å². The Bertz CT molecular complexity index is 147. The Labute approximate surface area is 96.3 Å². The average molecular weight is 214 g/mol. The van der Waals surface area contributed by atoms with Gasteiger partial charge in [0.1, 0.15) is 0 Å². The van der Waals surface area contributed by atoms with E-state index in [0.717, 1.165) is 11.8 Å². The molecule has 0 bridgehead atoms. The van der Waals surface area contributed by atoms with E-state index in [2.05, 4.69) is 13.8 Å². The highest BCUT2D eigenvalue weighted by Crippen LogP contribution is 2.37. The summed E-state index contributed by atoms with van der Waals surface area (Å²) in [4.78, 5) is 0. The third kappa shape index (κ3) is 5.01. The molecule has 15 heavy (non-hydrogen) atoms. The van der Waals surface area contributed by atoms with Crippen molar-refractivity contribution in [2.24, 2.45) is 17.8 Å². The molecular formula is C14H30O. The van der Waals surface area contributed by atoms with Crippen LogP contribution in [0, 0.1) is 17.8 Å². The molecule has 0 heterocycles. The molecular weight excluding hydrogens is 184 g/mol. The van der Waals surface area contributed by atoms with Crippen LogP contribution in [0.5, 0.6) is 0 Å². The van der Waals surface area contributed by atoms with Gasteiger partial charge in [0.15, 0.2) is 0 Å². The molecule has 1 aliphatic rings. The summed E-state index contributed by atoms with van der Waals surface area (Å²) in [5.41, 5.74) is -0.456. The molecule has 0 atom stereocenters. The maximum absolute atomic E-state index is 9.87. The molecule has 0 amide bonds. The van der Waals surface area contributed by atoms with E-state index in [0.29, 0.717) is 5.92 Å². The van der Waals surface area contributed by atoms with Crippen molar-refractivity contribution in [3.8, 4) is 0 Å². The first-order chi connectivity index (χ1) is 6.91. The van der Waals surface area contributed by atoms with Gasteiger partial charge in [0, 0.05) is 0 Å². The fourth-order valence-corrected chi connectivity index (χ4v) is 2.49. The minimum atomic E-state index is -0.456. The summed E-state index contributed by atoms with van der Waals surface area (Å²) in [6.45, 7) is 12.5. The number of hydrogen-bond donors (Lipinski definition) is 1. The molecule has 0 spiro atoms. The van der Waals surface area contributed by atoms with Crippen LogP contribution in [0.1, 0.15) is 67.2 Å².